The molecule has 2 N–H and O–H groups in total. The maximum atomic E-state index is 5.02. The maximum Gasteiger partial charge on any atom is 0.191 e. The van der Waals surface area contributed by atoms with Crippen LogP contribution in [0.5, 0.6) is 0 Å². The van der Waals surface area contributed by atoms with E-state index in [1.807, 2.05) is 7.05 Å². The van der Waals surface area contributed by atoms with E-state index in [9.17, 15) is 0 Å². The molecule has 0 atom stereocenters. The van der Waals surface area contributed by atoms with E-state index in [1.54, 1.807) is 7.11 Å². The Balaban J connectivity index is 0.00000162. The molecule has 2 saturated carbocycles. The van der Waals surface area contributed by atoms with E-state index in [1.165, 1.54) is 32.1 Å². The number of halogens is 1. The highest BCUT2D eigenvalue weighted by molar-refractivity contribution is 14.0. The first-order valence-electron chi connectivity index (χ1n) is 6.74. The summed E-state index contributed by atoms with van der Waals surface area (Å²) in [4.78, 5) is 4.24. The molecule has 0 aromatic heterocycles. The molecule has 18 heavy (non-hydrogen) atoms. The summed E-state index contributed by atoms with van der Waals surface area (Å²) in [6.07, 6.45) is 7.10. The van der Waals surface area contributed by atoms with Gasteiger partial charge < -0.3 is 15.4 Å². The smallest absolute Gasteiger partial charge is 0.191 e. The Morgan fingerprint density at radius 1 is 1.33 bits per heavy atom. The molecule has 0 aromatic rings. The van der Waals surface area contributed by atoms with Gasteiger partial charge in [0.1, 0.15) is 0 Å². The lowest BCUT2D eigenvalue weighted by molar-refractivity contribution is 0.105. The Morgan fingerprint density at radius 3 is 2.50 bits per heavy atom. The van der Waals surface area contributed by atoms with Crippen molar-refractivity contribution in [3.05, 3.63) is 0 Å². The Labute approximate surface area is 127 Å². The zero-order valence-corrected chi connectivity index (χ0v) is 13.8. The SMILES string of the molecule is CN=C(NCCOC)NCC1(C2CC2)CCC1.I. The molecule has 2 fully saturated rings. The average molecular weight is 367 g/mol. The normalized spacial score (nSPS) is 21.8. The van der Waals surface area contributed by atoms with Gasteiger partial charge in [-0.2, -0.15) is 0 Å². The third-order valence-electron chi connectivity index (χ3n) is 4.22. The summed E-state index contributed by atoms with van der Waals surface area (Å²) in [5.41, 5.74) is 0.596. The van der Waals surface area contributed by atoms with Crippen molar-refractivity contribution >= 4 is 29.9 Å². The van der Waals surface area contributed by atoms with Gasteiger partial charge in [0.2, 0.25) is 0 Å². The molecule has 106 valence electrons. The summed E-state index contributed by atoms with van der Waals surface area (Å²) in [6.45, 7) is 2.62. The van der Waals surface area contributed by atoms with Crippen molar-refractivity contribution < 1.29 is 4.74 Å². The van der Waals surface area contributed by atoms with Crippen molar-refractivity contribution in [1.82, 2.24) is 10.6 Å². The number of nitrogens with one attached hydrogen (secondary N) is 2. The molecular weight excluding hydrogens is 341 g/mol. The second-order valence-electron chi connectivity index (χ2n) is 5.34. The largest absolute Gasteiger partial charge is 0.383 e. The molecule has 0 bridgehead atoms. The highest BCUT2D eigenvalue weighted by Gasteiger charge is 2.48. The number of hydrogen-bond acceptors (Lipinski definition) is 2. The fourth-order valence-corrected chi connectivity index (χ4v) is 2.81. The van der Waals surface area contributed by atoms with E-state index < -0.39 is 0 Å². The lowest BCUT2D eigenvalue weighted by Gasteiger charge is -2.43. The van der Waals surface area contributed by atoms with Gasteiger partial charge in [-0.15, -0.1) is 24.0 Å². The van der Waals surface area contributed by atoms with Crippen LogP contribution in [0, 0.1) is 11.3 Å². The second-order valence-corrected chi connectivity index (χ2v) is 5.34. The van der Waals surface area contributed by atoms with Gasteiger partial charge in [0.05, 0.1) is 6.61 Å². The molecule has 5 heteroatoms. The highest BCUT2D eigenvalue weighted by atomic mass is 127. The van der Waals surface area contributed by atoms with Crippen molar-refractivity contribution in [3.63, 3.8) is 0 Å². The first kappa shape index (κ1) is 16.0. The van der Waals surface area contributed by atoms with Crippen LogP contribution in [0.25, 0.3) is 0 Å². The molecule has 4 nitrogen and oxygen atoms in total. The second kappa shape index (κ2) is 7.53. The van der Waals surface area contributed by atoms with Crippen LogP contribution in [0.15, 0.2) is 4.99 Å². The van der Waals surface area contributed by atoms with Gasteiger partial charge >= 0.3 is 0 Å². The van der Waals surface area contributed by atoms with Gasteiger partial charge in [0.15, 0.2) is 5.96 Å². The Hall–Kier alpha value is -0.0400. The van der Waals surface area contributed by atoms with Crippen LogP contribution in [-0.4, -0.2) is 39.8 Å². The van der Waals surface area contributed by atoms with Crippen molar-refractivity contribution in [2.24, 2.45) is 16.3 Å². The zero-order valence-electron chi connectivity index (χ0n) is 11.5. The third kappa shape index (κ3) is 3.98. The van der Waals surface area contributed by atoms with Gasteiger partial charge in [-0.3, -0.25) is 4.99 Å². The molecule has 0 aromatic carbocycles. The summed E-state index contributed by atoms with van der Waals surface area (Å²) in [5, 5.41) is 6.74. The Kier molecular flexibility index (Phi) is 6.70. The topological polar surface area (TPSA) is 45.7 Å². The van der Waals surface area contributed by atoms with Crippen LogP contribution < -0.4 is 10.6 Å². The van der Waals surface area contributed by atoms with Gasteiger partial charge in [0, 0.05) is 27.2 Å². The standard InChI is InChI=1S/C13H25N3O.HI/c1-14-12(15-8-9-17-2)16-10-13(6-3-7-13)11-4-5-11;/h11H,3-10H2,1-2H3,(H2,14,15,16);1H. The maximum absolute atomic E-state index is 5.02. The summed E-state index contributed by atoms with van der Waals surface area (Å²) in [6, 6.07) is 0. The summed E-state index contributed by atoms with van der Waals surface area (Å²) < 4.78 is 5.02. The van der Waals surface area contributed by atoms with Crippen molar-refractivity contribution in [3.8, 4) is 0 Å². The monoisotopic (exact) mass is 367 g/mol. The van der Waals surface area contributed by atoms with Crippen molar-refractivity contribution in [2.45, 2.75) is 32.1 Å². The molecule has 0 aliphatic heterocycles. The van der Waals surface area contributed by atoms with Crippen molar-refractivity contribution in [1.29, 1.82) is 0 Å². The van der Waals surface area contributed by atoms with Crippen LogP contribution in [0.3, 0.4) is 0 Å². The number of methoxy groups -OCH3 is 1. The minimum absolute atomic E-state index is 0. The van der Waals surface area contributed by atoms with Crippen LogP contribution in [0.2, 0.25) is 0 Å². The average Bonchev–Trinajstić information content (AvgIpc) is 3.10. The molecule has 2 aliphatic rings. The number of nitrogens with zero attached hydrogens (tertiary/aromatic N) is 1. The van der Waals surface area contributed by atoms with Crippen LogP contribution in [-0.2, 0) is 4.74 Å². The first-order chi connectivity index (χ1) is 8.30. The Morgan fingerprint density at radius 2 is 2.06 bits per heavy atom. The quantitative estimate of drug-likeness (QED) is 0.327. The van der Waals surface area contributed by atoms with E-state index >= 15 is 0 Å². The zero-order chi connectivity index (χ0) is 12.1. The highest BCUT2D eigenvalue weighted by Crippen LogP contribution is 2.56. The fraction of sp³-hybridized carbons (Fsp3) is 0.923. The number of rotatable bonds is 6. The molecule has 0 radical (unpaired) electrons. The van der Waals surface area contributed by atoms with Crippen LogP contribution in [0.4, 0.5) is 0 Å². The van der Waals surface area contributed by atoms with Crippen LogP contribution >= 0.6 is 24.0 Å². The first-order valence-corrected chi connectivity index (χ1v) is 6.74. The molecule has 0 unspecified atom stereocenters. The Bertz CT molecular complexity index is 275. The van der Waals surface area contributed by atoms with E-state index in [4.69, 9.17) is 4.74 Å². The van der Waals surface area contributed by atoms with E-state index in [-0.39, 0.29) is 24.0 Å². The number of ether oxygens (including phenoxy) is 1. The summed E-state index contributed by atoms with van der Waals surface area (Å²) >= 11 is 0. The molecular formula is C13H26IN3O. The van der Waals surface area contributed by atoms with E-state index in [0.717, 1.165) is 25.0 Å². The van der Waals surface area contributed by atoms with E-state index in [0.29, 0.717) is 12.0 Å². The number of hydrogen-bond donors (Lipinski definition) is 2. The molecule has 0 heterocycles. The molecule has 2 rings (SSSR count). The molecule has 0 spiro atoms. The molecule has 0 saturated heterocycles. The minimum Gasteiger partial charge on any atom is -0.383 e. The van der Waals surface area contributed by atoms with Gasteiger partial charge in [-0.05, 0) is 37.0 Å². The molecule has 0 amide bonds. The number of aliphatic imine (C=N–C) groups is 1. The van der Waals surface area contributed by atoms with Crippen LogP contribution in [0.1, 0.15) is 32.1 Å². The van der Waals surface area contributed by atoms with Gasteiger partial charge in [0.25, 0.3) is 0 Å². The summed E-state index contributed by atoms with van der Waals surface area (Å²) in [5.74, 6) is 1.90. The van der Waals surface area contributed by atoms with Crippen molar-refractivity contribution in [2.75, 3.05) is 33.9 Å². The predicted molar refractivity (Wildman–Crippen MR) is 85.7 cm³/mol. The third-order valence-corrected chi connectivity index (χ3v) is 4.22. The lowest BCUT2D eigenvalue weighted by atomic mass is 9.65. The minimum atomic E-state index is 0. The number of guanidine groups is 1. The van der Waals surface area contributed by atoms with Gasteiger partial charge in [-0.25, -0.2) is 0 Å². The lowest BCUT2D eigenvalue weighted by Crippen LogP contribution is -2.48. The van der Waals surface area contributed by atoms with E-state index in [2.05, 4.69) is 15.6 Å². The predicted octanol–water partition coefficient (Wildman–Crippen LogP) is 2.00. The molecule has 2 aliphatic carbocycles. The van der Waals surface area contributed by atoms with Gasteiger partial charge in [-0.1, -0.05) is 6.42 Å². The fourth-order valence-electron chi connectivity index (χ4n) is 2.81. The summed E-state index contributed by atoms with van der Waals surface area (Å²) in [7, 11) is 3.54.